The van der Waals surface area contributed by atoms with E-state index in [1.165, 1.54) is 11.0 Å². The van der Waals surface area contributed by atoms with E-state index in [0.717, 1.165) is 25.7 Å². The van der Waals surface area contributed by atoms with Crippen LogP contribution in [0, 0.1) is 17.7 Å². The molecule has 48 heavy (non-hydrogen) atoms. The quantitative estimate of drug-likeness (QED) is 0.328. The summed E-state index contributed by atoms with van der Waals surface area (Å²) in [5, 5.41) is 4.77. The van der Waals surface area contributed by atoms with Gasteiger partial charge >= 0.3 is 12.2 Å². The third-order valence-electron chi connectivity index (χ3n) is 8.72. The standard InChI is InChI=1S/C35H44FN7O5/c1-34(2,3)47-32(45)40-16-15-24(19-40)43-31(42(23-9-7-8-10-23)33(46)48-35(4,5)6)29(30(37)44)26(39-43)14-11-21-17-27-28(18-25(21)36)41(20-38-27)22-12-13-22/h17-18,20,22-24H,7-10,12-13,15-16,19H2,1-6H3,(H2,37,44)/t24-/m0/s1. The number of amides is 3. The SMILES string of the molecule is CC(C)(C)OC(=O)N1CC[C@H](n2nc(C#Cc3cc4ncn(C5CC5)c4cc3F)c(C(N)=O)c2N(C(=O)OC(C)(C)C)C2CCCC2)C1. The first-order chi connectivity index (χ1) is 22.6. The van der Waals surface area contributed by atoms with Crippen molar-refractivity contribution in [2.24, 2.45) is 5.73 Å². The number of likely N-dealkylation sites (tertiary alicyclic amines) is 1. The zero-order chi connectivity index (χ0) is 34.5. The van der Waals surface area contributed by atoms with Gasteiger partial charge in [0.25, 0.3) is 5.91 Å². The minimum Gasteiger partial charge on any atom is -0.444 e. The van der Waals surface area contributed by atoms with Crippen LogP contribution >= 0.6 is 0 Å². The Bertz CT molecular complexity index is 1810. The smallest absolute Gasteiger partial charge is 0.416 e. The molecule has 1 aliphatic heterocycles. The zero-order valence-corrected chi connectivity index (χ0v) is 28.5. The van der Waals surface area contributed by atoms with Crippen molar-refractivity contribution in [2.45, 2.75) is 116 Å². The molecule has 3 aliphatic rings. The monoisotopic (exact) mass is 661 g/mol. The average molecular weight is 662 g/mol. The highest BCUT2D eigenvalue weighted by molar-refractivity contribution is 6.04. The minimum atomic E-state index is -0.840. The Balaban J connectivity index is 1.46. The number of ether oxygens (including phenoxy) is 2. The number of nitrogens with zero attached hydrogens (tertiary/aromatic N) is 6. The molecule has 3 aromatic rings. The molecule has 0 unspecified atom stereocenters. The number of rotatable bonds is 5. The molecule has 3 heterocycles. The largest absolute Gasteiger partial charge is 0.444 e. The summed E-state index contributed by atoms with van der Waals surface area (Å²) in [5.41, 5.74) is 5.87. The van der Waals surface area contributed by atoms with Gasteiger partial charge in [0, 0.05) is 31.2 Å². The normalized spacial score (nSPS) is 18.6. The lowest BCUT2D eigenvalue weighted by molar-refractivity contribution is 0.0287. The summed E-state index contributed by atoms with van der Waals surface area (Å²) in [4.78, 5) is 47.8. The Kier molecular flexibility index (Phi) is 8.64. The van der Waals surface area contributed by atoms with Gasteiger partial charge in [-0.2, -0.15) is 5.10 Å². The van der Waals surface area contributed by atoms with Gasteiger partial charge in [0.15, 0.2) is 11.5 Å². The van der Waals surface area contributed by atoms with E-state index in [1.807, 2.05) is 4.57 Å². The Morgan fingerprint density at radius 2 is 1.65 bits per heavy atom. The summed E-state index contributed by atoms with van der Waals surface area (Å²) in [6.07, 6.45) is 6.32. The second-order valence-corrected chi connectivity index (χ2v) is 15.0. The molecule has 1 saturated heterocycles. The van der Waals surface area contributed by atoms with Gasteiger partial charge in [-0.3, -0.25) is 9.69 Å². The maximum Gasteiger partial charge on any atom is 0.416 e. The topological polar surface area (TPSA) is 138 Å². The van der Waals surface area contributed by atoms with Gasteiger partial charge in [-0.25, -0.2) is 23.6 Å². The molecule has 12 nitrogen and oxygen atoms in total. The van der Waals surface area contributed by atoms with Crippen molar-refractivity contribution in [1.82, 2.24) is 24.2 Å². The van der Waals surface area contributed by atoms with Gasteiger partial charge in [0.2, 0.25) is 0 Å². The maximum atomic E-state index is 15.4. The Morgan fingerprint density at radius 3 is 2.27 bits per heavy atom. The van der Waals surface area contributed by atoms with E-state index in [4.69, 9.17) is 20.3 Å². The number of hydrogen-bond acceptors (Lipinski definition) is 7. The van der Waals surface area contributed by atoms with E-state index >= 15 is 4.39 Å². The molecule has 0 bridgehead atoms. The number of carbonyl (C=O) groups excluding carboxylic acids is 3. The molecule has 2 N–H and O–H groups in total. The lowest BCUT2D eigenvalue weighted by Crippen LogP contribution is -2.45. The minimum absolute atomic E-state index is 0.00257. The number of imidazole rings is 1. The van der Waals surface area contributed by atoms with Crippen molar-refractivity contribution in [3.8, 4) is 11.8 Å². The van der Waals surface area contributed by atoms with Crippen LogP contribution in [0.15, 0.2) is 18.5 Å². The molecule has 1 aromatic carbocycles. The van der Waals surface area contributed by atoms with Crippen molar-refractivity contribution < 1.29 is 28.2 Å². The molecule has 2 aromatic heterocycles. The number of aromatic nitrogens is 4. The van der Waals surface area contributed by atoms with Crippen molar-refractivity contribution >= 4 is 34.9 Å². The van der Waals surface area contributed by atoms with E-state index in [0.29, 0.717) is 42.9 Å². The Morgan fingerprint density at radius 1 is 0.958 bits per heavy atom. The molecule has 0 radical (unpaired) electrons. The van der Waals surface area contributed by atoms with Crippen LogP contribution in [-0.2, 0) is 9.47 Å². The molecule has 1 atom stereocenters. The third kappa shape index (κ3) is 6.98. The maximum absolute atomic E-state index is 15.4. The summed E-state index contributed by atoms with van der Waals surface area (Å²) in [6, 6.07) is 2.63. The summed E-state index contributed by atoms with van der Waals surface area (Å²) in [6.45, 7) is 11.3. The van der Waals surface area contributed by atoms with Gasteiger partial charge in [0.05, 0.1) is 29.0 Å². The lowest BCUT2D eigenvalue weighted by Gasteiger charge is -2.33. The summed E-state index contributed by atoms with van der Waals surface area (Å²) >= 11 is 0. The van der Waals surface area contributed by atoms with Crippen LogP contribution in [0.2, 0.25) is 0 Å². The summed E-state index contributed by atoms with van der Waals surface area (Å²) < 4.78 is 30.4. The summed E-state index contributed by atoms with van der Waals surface area (Å²) in [5.74, 6) is 4.56. The van der Waals surface area contributed by atoms with Crippen LogP contribution in [0.3, 0.4) is 0 Å². The number of hydrogen-bond donors (Lipinski definition) is 1. The van der Waals surface area contributed by atoms with Gasteiger partial charge < -0.3 is 24.7 Å². The molecule has 0 spiro atoms. The number of fused-ring (bicyclic) bond motifs is 1. The van der Waals surface area contributed by atoms with Crippen molar-refractivity contribution in [3.63, 3.8) is 0 Å². The van der Waals surface area contributed by atoms with Crippen LogP contribution in [0.25, 0.3) is 11.0 Å². The molecular formula is C35H44FN7O5. The number of primary amides is 1. The van der Waals surface area contributed by atoms with Crippen LogP contribution in [0.4, 0.5) is 19.8 Å². The van der Waals surface area contributed by atoms with E-state index in [-0.39, 0.29) is 35.2 Å². The van der Waals surface area contributed by atoms with E-state index in [9.17, 15) is 14.4 Å². The number of benzene rings is 1. The molecule has 3 fully saturated rings. The molecule has 13 heteroatoms. The first kappa shape index (κ1) is 33.3. The fourth-order valence-electron chi connectivity index (χ4n) is 6.46. The van der Waals surface area contributed by atoms with Gasteiger partial charge in [-0.15, -0.1) is 0 Å². The average Bonchev–Trinajstić information content (AvgIpc) is 3.38. The van der Waals surface area contributed by atoms with E-state index < -0.39 is 41.2 Å². The van der Waals surface area contributed by atoms with Crippen molar-refractivity contribution in [2.75, 3.05) is 18.0 Å². The molecule has 2 saturated carbocycles. The predicted molar refractivity (Wildman–Crippen MR) is 177 cm³/mol. The van der Waals surface area contributed by atoms with Crippen LogP contribution < -0.4 is 10.6 Å². The first-order valence-corrected chi connectivity index (χ1v) is 16.7. The molecular weight excluding hydrogens is 617 g/mol. The molecule has 2 aliphatic carbocycles. The van der Waals surface area contributed by atoms with Crippen molar-refractivity contribution in [3.05, 3.63) is 41.1 Å². The first-order valence-electron chi connectivity index (χ1n) is 16.7. The lowest BCUT2D eigenvalue weighted by atomic mass is 10.1. The Labute approximate surface area is 279 Å². The molecule has 6 rings (SSSR count). The highest BCUT2D eigenvalue weighted by atomic mass is 19.1. The summed E-state index contributed by atoms with van der Waals surface area (Å²) in [7, 11) is 0. The molecule has 3 amide bonds. The number of nitrogens with two attached hydrogens (primary N) is 1. The van der Waals surface area contributed by atoms with Gasteiger partial charge in [-0.1, -0.05) is 18.8 Å². The van der Waals surface area contributed by atoms with Gasteiger partial charge in [0.1, 0.15) is 22.6 Å². The van der Waals surface area contributed by atoms with Crippen LogP contribution in [0.5, 0.6) is 0 Å². The number of anilines is 1. The second kappa shape index (κ2) is 12.5. The number of halogens is 1. The third-order valence-corrected chi connectivity index (χ3v) is 8.72. The van der Waals surface area contributed by atoms with Crippen LogP contribution in [0.1, 0.15) is 120 Å². The Hall–Kier alpha value is -4.60. The zero-order valence-electron chi connectivity index (χ0n) is 28.5. The fraction of sp³-hybridized carbons (Fsp3) is 0.571. The fourth-order valence-corrected chi connectivity index (χ4v) is 6.46. The molecule has 256 valence electrons. The highest BCUT2D eigenvalue weighted by Gasteiger charge is 2.41. The highest BCUT2D eigenvalue weighted by Crippen LogP contribution is 2.39. The van der Waals surface area contributed by atoms with E-state index in [2.05, 4.69) is 16.8 Å². The van der Waals surface area contributed by atoms with Gasteiger partial charge in [-0.05, 0) is 85.6 Å². The van der Waals surface area contributed by atoms with Crippen LogP contribution in [-0.4, -0.2) is 72.7 Å². The predicted octanol–water partition coefficient (Wildman–Crippen LogP) is 6.07. The van der Waals surface area contributed by atoms with E-state index in [1.54, 1.807) is 63.5 Å². The van der Waals surface area contributed by atoms with Crippen molar-refractivity contribution in [1.29, 1.82) is 0 Å². The number of carbonyl (C=O) groups is 3. The second-order valence-electron chi connectivity index (χ2n) is 15.0.